The summed E-state index contributed by atoms with van der Waals surface area (Å²) in [6.45, 7) is 1.83. The Labute approximate surface area is 183 Å². The molecule has 2 aromatic rings. The average molecular weight is 429 g/mol. The topological polar surface area (TPSA) is 77.8 Å². The molecule has 0 spiro atoms. The summed E-state index contributed by atoms with van der Waals surface area (Å²) in [5, 5.41) is 28.8. The van der Waals surface area contributed by atoms with Crippen molar-refractivity contribution in [2.45, 2.75) is 63.4 Å². The minimum absolute atomic E-state index is 0.0192. The monoisotopic (exact) mass is 428 g/mol. The average Bonchev–Trinajstić information content (AvgIpc) is 3.47. The van der Waals surface area contributed by atoms with Crippen LogP contribution in [0.5, 0.6) is 0 Å². The summed E-state index contributed by atoms with van der Waals surface area (Å²) < 4.78 is 0. The first-order valence-electron chi connectivity index (χ1n) is 10.7. The molecule has 0 saturated heterocycles. The fourth-order valence-corrected chi connectivity index (χ4v) is 5.56. The molecule has 2 aromatic carbocycles. The predicted octanol–water partition coefficient (Wildman–Crippen LogP) is 4.76. The van der Waals surface area contributed by atoms with Crippen LogP contribution in [0.25, 0.3) is 0 Å². The molecule has 162 valence electrons. The predicted molar refractivity (Wildman–Crippen MR) is 122 cm³/mol. The van der Waals surface area contributed by atoms with E-state index in [4.69, 9.17) is 0 Å². The Morgan fingerprint density at radius 2 is 1.87 bits per heavy atom. The largest absolute Gasteiger partial charge is 0.481 e. The summed E-state index contributed by atoms with van der Waals surface area (Å²) in [5.41, 5.74) is 4.48. The van der Waals surface area contributed by atoms with E-state index < -0.39 is 5.97 Å². The zero-order valence-electron chi connectivity index (χ0n) is 17.6. The van der Waals surface area contributed by atoms with Gasteiger partial charge in [-0.1, -0.05) is 48.5 Å². The van der Waals surface area contributed by atoms with Gasteiger partial charge in [0.05, 0.1) is 19.1 Å². The lowest BCUT2D eigenvalue weighted by Crippen LogP contribution is -2.13. The van der Waals surface area contributed by atoms with Gasteiger partial charge < -0.3 is 15.3 Å². The van der Waals surface area contributed by atoms with Crippen LogP contribution in [0, 0.1) is 5.41 Å². The van der Waals surface area contributed by atoms with Gasteiger partial charge in [-0.15, -0.1) is 0 Å². The minimum atomic E-state index is -0.709. The molecule has 2 atom stereocenters. The molecular weight excluding hydrogens is 396 g/mol. The minimum Gasteiger partial charge on any atom is -0.481 e. The van der Waals surface area contributed by atoms with Crippen LogP contribution >= 0.6 is 11.8 Å². The number of rotatable bonds is 12. The molecule has 0 aromatic heterocycles. The highest BCUT2D eigenvalue weighted by molar-refractivity contribution is 7.99. The molecule has 0 aliphatic heterocycles. The number of aryl methyl sites for hydroxylation is 1. The fraction of sp³-hybridized carbons (Fsp3) is 0.480. The van der Waals surface area contributed by atoms with Crippen molar-refractivity contribution >= 4 is 17.7 Å². The Hall–Kier alpha value is -1.82. The standard InChI is InChI=1S/C25H32O4S/c1-18(27)13-21-7-3-2-6-20(21)9-10-23(22-8-4-5-19(14-22)16-26)30-17-25(11-12-25)15-24(28)29/h2-8,14,18,23,26-27H,9-13,15-17H2,1H3,(H,28,29). The van der Waals surface area contributed by atoms with E-state index in [-0.39, 0.29) is 29.8 Å². The van der Waals surface area contributed by atoms with Crippen LogP contribution in [0.3, 0.4) is 0 Å². The number of aliphatic hydroxyl groups excluding tert-OH is 2. The Bertz CT molecular complexity index is 845. The molecule has 0 bridgehead atoms. The van der Waals surface area contributed by atoms with Gasteiger partial charge >= 0.3 is 5.97 Å². The van der Waals surface area contributed by atoms with Crippen molar-refractivity contribution in [1.29, 1.82) is 0 Å². The van der Waals surface area contributed by atoms with Crippen LogP contribution in [0.2, 0.25) is 0 Å². The molecule has 1 aliphatic rings. The molecule has 30 heavy (non-hydrogen) atoms. The second-order valence-electron chi connectivity index (χ2n) is 8.63. The zero-order valence-corrected chi connectivity index (χ0v) is 18.4. The van der Waals surface area contributed by atoms with E-state index >= 15 is 0 Å². The molecule has 1 aliphatic carbocycles. The Morgan fingerprint density at radius 3 is 2.50 bits per heavy atom. The van der Waals surface area contributed by atoms with Gasteiger partial charge in [0.1, 0.15) is 0 Å². The maximum absolute atomic E-state index is 11.2. The van der Waals surface area contributed by atoms with Gasteiger partial charge in [-0.3, -0.25) is 4.79 Å². The third-order valence-corrected chi connectivity index (χ3v) is 7.58. The molecule has 3 N–H and O–H groups in total. The highest BCUT2D eigenvalue weighted by Gasteiger charge is 2.44. The maximum Gasteiger partial charge on any atom is 0.303 e. The second kappa shape index (κ2) is 10.5. The molecule has 3 rings (SSSR count). The number of carbonyl (C=O) groups is 1. The van der Waals surface area contributed by atoms with Gasteiger partial charge in [0.25, 0.3) is 0 Å². The third kappa shape index (κ3) is 6.59. The van der Waals surface area contributed by atoms with Crippen molar-refractivity contribution in [1.82, 2.24) is 0 Å². The van der Waals surface area contributed by atoms with E-state index in [9.17, 15) is 20.1 Å². The second-order valence-corrected chi connectivity index (χ2v) is 9.82. The van der Waals surface area contributed by atoms with Gasteiger partial charge in [-0.25, -0.2) is 0 Å². The lowest BCUT2D eigenvalue weighted by Gasteiger charge is -2.22. The number of aliphatic carboxylic acids is 1. The smallest absolute Gasteiger partial charge is 0.303 e. The lowest BCUT2D eigenvalue weighted by molar-refractivity contribution is -0.138. The van der Waals surface area contributed by atoms with E-state index in [1.165, 1.54) is 16.7 Å². The molecule has 4 nitrogen and oxygen atoms in total. The quantitative estimate of drug-likeness (QED) is 0.454. The summed E-state index contributed by atoms with van der Waals surface area (Å²) in [5.74, 6) is 0.141. The summed E-state index contributed by atoms with van der Waals surface area (Å²) in [6, 6.07) is 16.4. The van der Waals surface area contributed by atoms with Crippen molar-refractivity contribution in [3.63, 3.8) is 0 Å². The molecule has 1 saturated carbocycles. The summed E-state index contributed by atoms with van der Waals surface area (Å²) in [6.07, 6.45) is 4.34. The van der Waals surface area contributed by atoms with Gasteiger partial charge in [0.15, 0.2) is 0 Å². The number of carboxylic acid groups (broad SMARTS) is 1. The van der Waals surface area contributed by atoms with E-state index in [1.807, 2.05) is 43.0 Å². The van der Waals surface area contributed by atoms with Gasteiger partial charge in [0, 0.05) is 11.0 Å². The summed E-state index contributed by atoms with van der Waals surface area (Å²) >= 11 is 1.85. The van der Waals surface area contributed by atoms with Crippen molar-refractivity contribution in [3.8, 4) is 0 Å². The maximum atomic E-state index is 11.2. The Morgan fingerprint density at radius 1 is 1.13 bits per heavy atom. The molecule has 0 amide bonds. The SMILES string of the molecule is CC(O)Cc1ccccc1CCC(SCC1(CC(=O)O)CC1)c1cccc(CO)c1. The first-order chi connectivity index (χ1) is 14.4. The molecule has 0 heterocycles. The van der Waals surface area contributed by atoms with Crippen LogP contribution in [0.4, 0.5) is 0 Å². The van der Waals surface area contributed by atoms with Crippen molar-refractivity contribution in [2.75, 3.05) is 5.75 Å². The molecule has 0 radical (unpaired) electrons. The number of thioether (sulfide) groups is 1. The van der Waals surface area contributed by atoms with Crippen LogP contribution < -0.4 is 0 Å². The Kier molecular flexibility index (Phi) is 7.98. The van der Waals surface area contributed by atoms with Crippen molar-refractivity contribution < 1.29 is 20.1 Å². The fourth-order valence-electron chi connectivity index (χ4n) is 3.99. The van der Waals surface area contributed by atoms with Crippen LogP contribution in [0.15, 0.2) is 48.5 Å². The first-order valence-corrected chi connectivity index (χ1v) is 11.7. The van der Waals surface area contributed by atoms with Crippen LogP contribution in [-0.4, -0.2) is 33.1 Å². The van der Waals surface area contributed by atoms with Gasteiger partial charge in [0.2, 0.25) is 0 Å². The lowest BCUT2D eigenvalue weighted by atomic mass is 9.96. The molecule has 5 heteroatoms. The van der Waals surface area contributed by atoms with Crippen LogP contribution in [-0.2, 0) is 24.2 Å². The number of benzene rings is 2. The molecule has 2 unspecified atom stereocenters. The highest BCUT2D eigenvalue weighted by atomic mass is 32.2. The number of hydrogen-bond acceptors (Lipinski definition) is 4. The van der Waals surface area contributed by atoms with E-state index in [2.05, 4.69) is 24.3 Å². The molecular formula is C25H32O4S. The Balaban J connectivity index is 1.74. The first kappa shape index (κ1) is 22.9. The summed E-state index contributed by atoms with van der Waals surface area (Å²) in [7, 11) is 0. The van der Waals surface area contributed by atoms with Crippen molar-refractivity contribution in [2.24, 2.45) is 5.41 Å². The number of hydrogen-bond donors (Lipinski definition) is 3. The number of aliphatic hydroxyl groups is 2. The van der Waals surface area contributed by atoms with E-state index in [0.717, 1.165) is 37.0 Å². The molecule has 1 fully saturated rings. The van der Waals surface area contributed by atoms with Crippen LogP contribution in [0.1, 0.15) is 60.1 Å². The van der Waals surface area contributed by atoms with Gasteiger partial charge in [-0.2, -0.15) is 11.8 Å². The zero-order chi connectivity index (χ0) is 21.6. The number of carboxylic acids is 1. The highest BCUT2D eigenvalue weighted by Crippen LogP contribution is 2.53. The van der Waals surface area contributed by atoms with Gasteiger partial charge in [-0.05, 0) is 66.7 Å². The summed E-state index contributed by atoms with van der Waals surface area (Å²) in [4.78, 5) is 11.2. The van der Waals surface area contributed by atoms with Crippen molar-refractivity contribution in [3.05, 3.63) is 70.8 Å². The normalized spacial score (nSPS) is 16.8. The van der Waals surface area contributed by atoms with E-state index in [1.54, 1.807) is 0 Å². The third-order valence-electron chi connectivity index (χ3n) is 5.89. The van der Waals surface area contributed by atoms with E-state index in [0.29, 0.717) is 6.42 Å².